The molecule has 0 N–H and O–H groups in total. The SMILES string of the molecule is CSSC(C)(C)COC=O. The molecule has 0 aliphatic carbocycles. The average Bonchev–Trinajstić information content (AvgIpc) is 1.84. The van der Waals surface area contributed by atoms with Crippen LogP contribution < -0.4 is 0 Å². The third-order valence-corrected chi connectivity index (χ3v) is 3.40. The molecule has 0 bridgehead atoms. The van der Waals surface area contributed by atoms with Crippen molar-refractivity contribution in [2.24, 2.45) is 0 Å². The highest BCUT2D eigenvalue weighted by molar-refractivity contribution is 8.76. The van der Waals surface area contributed by atoms with Crippen molar-refractivity contribution >= 4 is 28.1 Å². The smallest absolute Gasteiger partial charge is 0.293 e. The minimum Gasteiger partial charge on any atom is -0.466 e. The zero-order chi connectivity index (χ0) is 8.04. The van der Waals surface area contributed by atoms with Crippen molar-refractivity contribution in [1.29, 1.82) is 0 Å². The minimum absolute atomic E-state index is 0.0281. The summed E-state index contributed by atoms with van der Waals surface area (Å²) in [6.07, 6.45) is 2.01. The second-order valence-electron chi connectivity index (χ2n) is 2.42. The Bertz CT molecular complexity index is 104. The van der Waals surface area contributed by atoms with Crippen LogP contribution in [0.3, 0.4) is 0 Å². The molecule has 0 saturated heterocycles. The number of hydrogen-bond acceptors (Lipinski definition) is 4. The molecular formula is C6H12O2S2. The van der Waals surface area contributed by atoms with E-state index in [4.69, 9.17) is 0 Å². The number of carbonyl (C=O) groups is 1. The summed E-state index contributed by atoms with van der Waals surface area (Å²) in [6.45, 7) is 5.04. The fraction of sp³-hybridized carbons (Fsp3) is 0.833. The van der Waals surface area contributed by atoms with Crippen molar-refractivity contribution < 1.29 is 9.53 Å². The summed E-state index contributed by atoms with van der Waals surface area (Å²) in [5, 5.41) is 0. The Labute approximate surface area is 69.5 Å². The molecule has 0 unspecified atom stereocenters. The predicted molar refractivity (Wildman–Crippen MR) is 47.2 cm³/mol. The van der Waals surface area contributed by atoms with Crippen molar-refractivity contribution in [3.8, 4) is 0 Å². The third kappa shape index (κ3) is 4.99. The Morgan fingerprint density at radius 3 is 2.60 bits per heavy atom. The van der Waals surface area contributed by atoms with Gasteiger partial charge in [-0.3, -0.25) is 4.79 Å². The molecule has 0 rings (SSSR count). The lowest BCUT2D eigenvalue weighted by Crippen LogP contribution is -2.20. The monoisotopic (exact) mass is 180 g/mol. The van der Waals surface area contributed by atoms with E-state index in [1.807, 2.05) is 20.1 Å². The Kier molecular flexibility index (Phi) is 4.99. The average molecular weight is 180 g/mol. The van der Waals surface area contributed by atoms with E-state index in [1.165, 1.54) is 0 Å². The summed E-state index contributed by atoms with van der Waals surface area (Å²) in [7, 11) is 3.39. The van der Waals surface area contributed by atoms with Gasteiger partial charge in [-0.05, 0) is 20.1 Å². The van der Waals surface area contributed by atoms with Crippen LogP contribution in [0.1, 0.15) is 13.8 Å². The maximum absolute atomic E-state index is 9.82. The van der Waals surface area contributed by atoms with E-state index in [-0.39, 0.29) is 4.75 Å². The molecule has 0 fully saturated rings. The molecule has 2 nitrogen and oxygen atoms in total. The zero-order valence-electron chi connectivity index (χ0n) is 6.42. The van der Waals surface area contributed by atoms with E-state index in [0.29, 0.717) is 13.1 Å². The summed E-state index contributed by atoms with van der Waals surface area (Å²) < 4.78 is 4.66. The standard InChI is InChI=1S/C6H12O2S2/c1-6(2,10-9-3)4-8-5-7/h5H,4H2,1-3H3. The van der Waals surface area contributed by atoms with Crippen molar-refractivity contribution in [2.45, 2.75) is 18.6 Å². The van der Waals surface area contributed by atoms with Crippen LogP contribution in [0.4, 0.5) is 0 Å². The fourth-order valence-corrected chi connectivity index (χ4v) is 2.55. The van der Waals surface area contributed by atoms with E-state index in [9.17, 15) is 4.79 Å². The number of hydrogen-bond donors (Lipinski definition) is 0. The van der Waals surface area contributed by atoms with E-state index in [1.54, 1.807) is 21.6 Å². The number of rotatable bonds is 5. The molecular weight excluding hydrogens is 168 g/mol. The van der Waals surface area contributed by atoms with Gasteiger partial charge in [-0.1, -0.05) is 21.6 Å². The molecule has 0 spiro atoms. The highest BCUT2D eigenvalue weighted by Gasteiger charge is 2.18. The van der Waals surface area contributed by atoms with Crippen LogP contribution in [0.15, 0.2) is 0 Å². The maximum Gasteiger partial charge on any atom is 0.293 e. The molecule has 0 aliphatic heterocycles. The molecule has 0 saturated carbocycles. The van der Waals surface area contributed by atoms with E-state index < -0.39 is 0 Å². The lowest BCUT2D eigenvalue weighted by molar-refractivity contribution is -0.129. The van der Waals surface area contributed by atoms with Crippen LogP contribution in [-0.4, -0.2) is 24.1 Å². The first kappa shape index (κ1) is 10.2. The molecule has 4 heteroatoms. The molecule has 0 atom stereocenters. The summed E-state index contributed by atoms with van der Waals surface area (Å²) in [5.74, 6) is 0. The van der Waals surface area contributed by atoms with Gasteiger partial charge in [-0.25, -0.2) is 0 Å². The van der Waals surface area contributed by atoms with Gasteiger partial charge in [0.1, 0.15) is 6.61 Å². The number of carbonyl (C=O) groups excluding carboxylic acids is 1. The molecule has 0 aliphatic rings. The number of ether oxygens (including phenoxy) is 1. The van der Waals surface area contributed by atoms with Gasteiger partial charge in [-0.15, -0.1) is 0 Å². The zero-order valence-corrected chi connectivity index (χ0v) is 8.05. The Hall–Kier alpha value is 0.170. The molecule has 0 heterocycles. The van der Waals surface area contributed by atoms with Gasteiger partial charge in [0.05, 0.1) is 4.75 Å². The lowest BCUT2D eigenvalue weighted by Gasteiger charge is -2.20. The fourth-order valence-electron chi connectivity index (χ4n) is 0.484. The van der Waals surface area contributed by atoms with Gasteiger partial charge >= 0.3 is 0 Å². The molecule has 0 amide bonds. The van der Waals surface area contributed by atoms with Crippen LogP contribution in [0.5, 0.6) is 0 Å². The highest BCUT2D eigenvalue weighted by Crippen LogP contribution is 2.33. The highest BCUT2D eigenvalue weighted by atomic mass is 33.1. The predicted octanol–water partition coefficient (Wildman–Crippen LogP) is 1.95. The topological polar surface area (TPSA) is 26.3 Å². The van der Waals surface area contributed by atoms with Crippen LogP contribution in [-0.2, 0) is 9.53 Å². The molecule has 0 aromatic rings. The van der Waals surface area contributed by atoms with Crippen molar-refractivity contribution in [1.82, 2.24) is 0 Å². The molecule has 0 aromatic carbocycles. The van der Waals surface area contributed by atoms with Gasteiger partial charge in [-0.2, -0.15) is 0 Å². The van der Waals surface area contributed by atoms with Gasteiger partial charge in [0.25, 0.3) is 6.47 Å². The molecule has 10 heavy (non-hydrogen) atoms. The quantitative estimate of drug-likeness (QED) is 0.477. The van der Waals surface area contributed by atoms with Crippen molar-refractivity contribution in [3.63, 3.8) is 0 Å². The minimum atomic E-state index is 0.0281. The normalized spacial score (nSPS) is 11.1. The van der Waals surface area contributed by atoms with Crippen molar-refractivity contribution in [3.05, 3.63) is 0 Å². The Morgan fingerprint density at radius 1 is 1.60 bits per heavy atom. The molecule has 0 aromatic heterocycles. The van der Waals surface area contributed by atoms with Crippen LogP contribution in [0.2, 0.25) is 0 Å². The van der Waals surface area contributed by atoms with Gasteiger partial charge < -0.3 is 4.74 Å². The van der Waals surface area contributed by atoms with Gasteiger partial charge in [0.2, 0.25) is 0 Å². The second kappa shape index (κ2) is 4.91. The largest absolute Gasteiger partial charge is 0.466 e. The Balaban J connectivity index is 3.51. The van der Waals surface area contributed by atoms with E-state index in [2.05, 4.69) is 4.74 Å². The van der Waals surface area contributed by atoms with Crippen LogP contribution in [0, 0.1) is 0 Å². The summed E-state index contributed by atoms with van der Waals surface area (Å²) in [5.41, 5.74) is 0. The Morgan fingerprint density at radius 2 is 2.20 bits per heavy atom. The van der Waals surface area contributed by atoms with Gasteiger partial charge in [0.15, 0.2) is 0 Å². The maximum atomic E-state index is 9.82. The molecule has 0 radical (unpaired) electrons. The summed E-state index contributed by atoms with van der Waals surface area (Å²) in [4.78, 5) is 9.82. The first-order chi connectivity index (χ1) is 4.62. The first-order valence-electron chi connectivity index (χ1n) is 2.89. The lowest BCUT2D eigenvalue weighted by atomic mass is 10.2. The summed E-state index contributed by atoms with van der Waals surface area (Å²) in [6, 6.07) is 0. The second-order valence-corrected chi connectivity index (χ2v) is 5.52. The van der Waals surface area contributed by atoms with E-state index >= 15 is 0 Å². The van der Waals surface area contributed by atoms with E-state index in [0.717, 1.165) is 0 Å². The third-order valence-electron chi connectivity index (χ3n) is 0.808. The molecule has 60 valence electrons. The van der Waals surface area contributed by atoms with Crippen molar-refractivity contribution in [2.75, 3.05) is 12.9 Å². The van der Waals surface area contributed by atoms with Gasteiger partial charge in [0, 0.05) is 0 Å². The van der Waals surface area contributed by atoms with Crippen LogP contribution >= 0.6 is 21.6 Å². The first-order valence-corrected chi connectivity index (χ1v) is 5.45. The van der Waals surface area contributed by atoms with Crippen LogP contribution in [0.25, 0.3) is 0 Å². The summed E-state index contributed by atoms with van der Waals surface area (Å²) >= 11 is 0.